The average Bonchev–Trinajstić information content (AvgIpc) is 2.29. The quantitative estimate of drug-likeness (QED) is 0.676. The van der Waals surface area contributed by atoms with E-state index in [9.17, 15) is 9.59 Å². The first-order valence-corrected chi connectivity index (χ1v) is 5.23. The van der Waals surface area contributed by atoms with Crippen molar-refractivity contribution >= 4 is 11.8 Å². The maximum absolute atomic E-state index is 11.7. The molecule has 86 valence electrons. The second-order valence-corrected chi connectivity index (χ2v) is 3.76. The summed E-state index contributed by atoms with van der Waals surface area (Å²) in [5, 5.41) is 2.34. The summed E-state index contributed by atoms with van der Waals surface area (Å²) in [6, 6.07) is -0.311. The lowest BCUT2D eigenvalue weighted by Gasteiger charge is -2.35. The van der Waals surface area contributed by atoms with E-state index in [4.69, 9.17) is 4.74 Å². The van der Waals surface area contributed by atoms with E-state index >= 15 is 0 Å². The molecule has 1 N–H and O–H groups in total. The number of methoxy groups -OCH3 is 1. The first kappa shape index (κ1) is 10.7. The number of hydrogen-bond donors (Lipinski definition) is 1. The summed E-state index contributed by atoms with van der Waals surface area (Å²) < 4.78 is 5.20. The number of nitrogens with zero attached hydrogens (tertiary/aromatic N) is 1. The van der Waals surface area contributed by atoms with E-state index < -0.39 is 0 Å². The Morgan fingerprint density at radius 2 is 2.31 bits per heavy atom. The van der Waals surface area contributed by atoms with Crippen LogP contribution >= 0.6 is 0 Å². The van der Waals surface area contributed by atoms with Crippen LogP contribution in [0.4, 0.5) is 0 Å². The number of allylic oxidation sites excluding steroid dienone is 2. The van der Waals surface area contributed by atoms with Crippen LogP contribution in [0.3, 0.4) is 0 Å². The van der Waals surface area contributed by atoms with Gasteiger partial charge in [0, 0.05) is 13.0 Å². The van der Waals surface area contributed by atoms with Crippen LogP contribution < -0.4 is 5.32 Å². The fraction of sp³-hybridized carbons (Fsp3) is 0.455. The van der Waals surface area contributed by atoms with Gasteiger partial charge in [-0.2, -0.15) is 0 Å². The van der Waals surface area contributed by atoms with Crippen LogP contribution in [-0.2, 0) is 14.3 Å². The van der Waals surface area contributed by atoms with Gasteiger partial charge < -0.3 is 9.64 Å². The van der Waals surface area contributed by atoms with Crippen LogP contribution in [0.2, 0.25) is 0 Å². The lowest BCUT2D eigenvalue weighted by Crippen LogP contribution is -2.52. The van der Waals surface area contributed by atoms with Gasteiger partial charge in [0.1, 0.15) is 6.04 Å². The van der Waals surface area contributed by atoms with Crippen LogP contribution in [0.15, 0.2) is 24.1 Å². The summed E-state index contributed by atoms with van der Waals surface area (Å²) in [4.78, 5) is 24.6. The Kier molecular flexibility index (Phi) is 2.94. The molecule has 0 spiro atoms. The standard InChI is InChI=1S/C11H14N2O3/c1-16-10-4-2-3-7-13(10)8-5-6-9(14)12-11(8)15/h2-4,8H,5-7H2,1H3,(H,12,14,15). The third-order valence-corrected chi connectivity index (χ3v) is 2.76. The van der Waals surface area contributed by atoms with E-state index in [0.717, 1.165) is 0 Å². The molecule has 2 heterocycles. The van der Waals surface area contributed by atoms with Crippen LogP contribution in [0, 0.1) is 0 Å². The highest BCUT2D eigenvalue weighted by Crippen LogP contribution is 2.20. The van der Waals surface area contributed by atoms with Crippen molar-refractivity contribution in [3.63, 3.8) is 0 Å². The second kappa shape index (κ2) is 4.38. The number of nitrogens with one attached hydrogen (secondary N) is 1. The first-order chi connectivity index (χ1) is 7.72. The minimum Gasteiger partial charge on any atom is -0.482 e. The number of piperidine rings is 1. The van der Waals surface area contributed by atoms with Gasteiger partial charge in [0.15, 0.2) is 5.88 Å². The second-order valence-electron chi connectivity index (χ2n) is 3.76. The molecule has 2 rings (SSSR count). The molecule has 5 nitrogen and oxygen atoms in total. The van der Waals surface area contributed by atoms with E-state index in [-0.39, 0.29) is 17.9 Å². The Morgan fingerprint density at radius 3 is 3.00 bits per heavy atom. The van der Waals surface area contributed by atoms with Crippen molar-refractivity contribution in [3.8, 4) is 0 Å². The summed E-state index contributed by atoms with van der Waals surface area (Å²) in [6.45, 7) is 0.631. The van der Waals surface area contributed by atoms with Crippen molar-refractivity contribution in [3.05, 3.63) is 24.1 Å². The first-order valence-electron chi connectivity index (χ1n) is 5.23. The molecule has 2 aliphatic heterocycles. The molecular formula is C11H14N2O3. The predicted molar refractivity (Wildman–Crippen MR) is 57.1 cm³/mol. The van der Waals surface area contributed by atoms with Crippen molar-refractivity contribution in [2.75, 3.05) is 13.7 Å². The molecule has 0 aromatic rings. The van der Waals surface area contributed by atoms with Crippen molar-refractivity contribution in [1.29, 1.82) is 0 Å². The smallest absolute Gasteiger partial charge is 0.249 e. The summed E-state index contributed by atoms with van der Waals surface area (Å²) in [6.07, 6.45) is 6.58. The Bertz CT molecular complexity index is 373. The molecule has 5 heteroatoms. The summed E-state index contributed by atoms with van der Waals surface area (Å²) in [5.74, 6) is 0.225. The SMILES string of the molecule is COC1=CC=CCN1C1CCC(=O)NC1=O. The Balaban J connectivity index is 2.12. The molecule has 1 saturated heterocycles. The van der Waals surface area contributed by atoms with Crippen LogP contribution in [0.1, 0.15) is 12.8 Å². The van der Waals surface area contributed by atoms with E-state index in [1.807, 2.05) is 23.1 Å². The highest BCUT2D eigenvalue weighted by Gasteiger charge is 2.33. The maximum atomic E-state index is 11.7. The fourth-order valence-corrected chi connectivity index (χ4v) is 1.96. The maximum Gasteiger partial charge on any atom is 0.249 e. The van der Waals surface area contributed by atoms with Gasteiger partial charge in [-0.15, -0.1) is 0 Å². The van der Waals surface area contributed by atoms with Gasteiger partial charge in [0.05, 0.1) is 7.11 Å². The fourth-order valence-electron chi connectivity index (χ4n) is 1.96. The van der Waals surface area contributed by atoms with Gasteiger partial charge in [0.2, 0.25) is 11.8 Å². The Hall–Kier alpha value is -1.78. The van der Waals surface area contributed by atoms with Gasteiger partial charge >= 0.3 is 0 Å². The molecule has 0 saturated carbocycles. The van der Waals surface area contributed by atoms with Crippen molar-refractivity contribution in [1.82, 2.24) is 10.2 Å². The third kappa shape index (κ3) is 1.93. The minimum absolute atomic E-state index is 0.197. The summed E-state index contributed by atoms with van der Waals surface area (Å²) >= 11 is 0. The van der Waals surface area contributed by atoms with Crippen molar-refractivity contribution in [2.45, 2.75) is 18.9 Å². The molecule has 1 fully saturated rings. The van der Waals surface area contributed by atoms with Gasteiger partial charge in [0.25, 0.3) is 0 Å². The van der Waals surface area contributed by atoms with Gasteiger partial charge in [-0.1, -0.05) is 12.2 Å². The van der Waals surface area contributed by atoms with E-state index in [1.54, 1.807) is 7.11 Å². The van der Waals surface area contributed by atoms with Crippen molar-refractivity contribution < 1.29 is 14.3 Å². The summed E-state index contributed by atoms with van der Waals surface area (Å²) in [5.41, 5.74) is 0. The average molecular weight is 222 g/mol. The molecule has 0 bridgehead atoms. The monoisotopic (exact) mass is 222 g/mol. The summed E-state index contributed by atoms with van der Waals surface area (Å²) in [7, 11) is 1.57. The predicted octanol–water partition coefficient (Wildman–Crippen LogP) is 0.151. The largest absolute Gasteiger partial charge is 0.482 e. The topological polar surface area (TPSA) is 58.6 Å². The molecule has 0 radical (unpaired) electrons. The zero-order valence-corrected chi connectivity index (χ0v) is 9.10. The number of ether oxygens (including phenoxy) is 1. The molecule has 2 amide bonds. The third-order valence-electron chi connectivity index (χ3n) is 2.76. The van der Waals surface area contributed by atoms with E-state index in [2.05, 4.69) is 5.32 Å². The number of hydrogen-bond acceptors (Lipinski definition) is 4. The normalized spacial score (nSPS) is 25.2. The highest BCUT2D eigenvalue weighted by atomic mass is 16.5. The van der Waals surface area contributed by atoms with E-state index in [1.165, 1.54) is 0 Å². The molecule has 0 aliphatic carbocycles. The molecule has 0 aromatic carbocycles. The van der Waals surface area contributed by atoms with Crippen LogP contribution in [-0.4, -0.2) is 36.4 Å². The zero-order chi connectivity index (χ0) is 11.5. The molecule has 16 heavy (non-hydrogen) atoms. The van der Waals surface area contributed by atoms with Crippen LogP contribution in [0.5, 0.6) is 0 Å². The van der Waals surface area contributed by atoms with E-state index in [0.29, 0.717) is 25.3 Å². The molecule has 1 atom stereocenters. The molecule has 1 unspecified atom stereocenters. The number of imide groups is 1. The Morgan fingerprint density at radius 1 is 1.50 bits per heavy atom. The number of carbonyl (C=O) groups excluding carboxylic acids is 2. The van der Waals surface area contributed by atoms with Gasteiger partial charge in [-0.3, -0.25) is 14.9 Å². The minimum atomic E-state index is -0.311. The number of rotatable bonds is 2. The van der Waals surface area contributed by atoms with Crippen LogP contribution in [0.25, 0.3) is 0 Å². The molecule has 2 aliphatic rings. The number of amides is 2. The zero-order valence-electron chi connectivity index (χ0n) is 9.10. The Labute approximate surface area is 93.7 Å². The number of carbonyl (C=O) groups is 2. The molecule has 0 aromatic heterocycles. The van der Waals surface area contributed by atoms with Gasteiger partial charge in [-0.25, -0.2) is 0 Å². The van der Waals surface area contributed by atoms with Crippen molar-refractivity contribution in [2.24, 2.45) is 0 Å². The lowest BCUT2D eigenvalue weighted by atomic mass is 10.0. The lowest BCUT2D eigenvalue weighted by molar-refractivity contribution is -0.137. The highest BCUT2D eigenvalue weighted by molar-refractivity contribution is 6.00. The van der Waals surface area contributed by atoms with Gasteiger partial charge in [-0.05, 0) is 12.5 Å². The molecular weight excluding hydrogens is 208 g/mol.